The molecular formula is C10H11BrFN3O3S. The lowest BCUT2D eigenvalue weighted by Crippen LogP contribution is -2.28. The van der Waals surface area contributed by atoms with E-state index in [1.807, 2.05) is 0 Å². The first-order valence-electron chi connectivity index (χ1n) is 5.38. The molecule has 1 aromatic rings. The summed E-state index contributed by atoms with van der Waals surface area (Å²) >= 11 is 3.13. The van der Waals surface area contributed by atoms with Crippen LogP contribution in [-0.2, 0) is 14.8 Å². The van der Waals surface area contributed by atoms with Crippen molar-refractivity contribution in [3.63, 3.8) is 0 Å². The summed E-state index contributed by atoms with van der Waals surface area (Å²) in [5.74, 6) is -1.50. The molecule has 2 heterocycles. The van der Waals surface area contributed by atoms with Gasteiger partial charge < -0.3 is 4.90 Å². The average Bonchev–Trinajstić information content (AvgIpc) is 2.60. The molecule has 1 saturated heterocycles. The molecule has 0 aliphatic carbocycles. The highest BCUT2D eigenvalue weighted by Gasteiger charge is 2.34. The van der Waals surface area contributed by atoms with Gasteiger partial charge in [0, 0.05) is 24.9 Å². The van der Waals surface area contributed by atoms with Crippen LogP contribution in [0.1, 0.15) is 6.42 Å². The van der Waals surface area contributed by atoms with Crippen molar-refractivity contribution in [2.75, 3.05) is 17.2 Å². The normalized spacial score (nSPS) is 20.1. The zero-order valence-electron chi connectivity index (χ0n) is 9.71. The van der Waals surface area contributed by atoms with E-state index in [4.69, 9.17) is 5.14 Å². The molecule has 19 heavy (non-hydrogen) atoms. The maximum absolute atomic E-state index is 13.2. The van der Waals surface area contributed by atoms with Crippen LogP contribution >= 0.6 is 15.9 Å². The second-order valence-electron chi connectivity index (χ2n) is 4.37. The van der Waals surface area contributed by atoms with Gasteiger partial charge in [0.05, 0.1) is 17.6 Å². The number of carbonyl (C=O) groups is 1. The largest absolute Gasteiger partial charge is 0.309 e. The molecule has 9 heteroatoms. The summed E-state index contributed by atoms with van der Waals surface area (Å²) in [6.07, 6.45) is 1.09. The summed E-state index contributed by atoms with van der Waals surface area (Å²) in [5.41, 5.74) is 0.293. The van der Waals surface area contributed by atoms with Crippen LogP contribution in [0, 0.1) is 11.7 Å². The fourth-order valence-corrected chi connectivity index (χ4v) is 3.37. The molecule has 0 bridgehead atoms. The Hall–Kier alpha value is -1.06. The molecule has 1 amide bonds. The van der Waals surface area contributed by atoms with E-state index < -0.39 is 21.8 Å². The summed E-state index contributed by atoms with van der Waals surface area (Å²) in [6.45, 7) is 0.180. The van der Waals surface area contributed by atoms with E-state index >= 15 is 0 Å². The van der Waals surface area contributed by atoms with E-state index in [1.54, 1.807) is 0 Å². The summed E-state index contributed by atoms with van der Waals surface area (Å²) in [7, 11) is -3.64. The van der Waals surface area contributed by atoms with Crippen molar-refractivity contribution in [2.45, 2.75) is 6.42 Å². The molecule has 104 valence electrons. The second kappa shape index (κ2) is 5.14. The Kier molecular flexibility index (Phi) is 3.88. The van der Waals surface area contributed by atoms with Gasteiger partial charge in [0.2, 0.25) is 15.9 Å². The summed E-state index contributed by atoms with van der Waals surface area (Å²) in [5, 5.41) is 4.96. The number of sulfonamides is 1. The third-order valence-corrected chi connectivity index (χ3v) is 4.30. The van der Waals surface area contributed by atoms with Gasteiger partial charge in [0.1, 0.15) is 10.4 Å². The smallest absolute Gasteiger partial charge is 0.227 e. The van der Waals surface area contributed by atoms with Crippen LogP contribution in [-0.4, -0.2) is 31.6 Å². The molecule has 2 rings (SSSR count). The molecule has 0 saturated carbocycles. The van der Waals surface area contributed by atoms with E-state index in [0.717, 1.165) is 6.20 Å². The summed E-state index contributed by atoms with van der Waals surface area (Å²) < 4.78 is 35.5. The molecule has 1 atom stereocenters. The van der Waals surface area contributed by atoms with E-state index in [1.165, 1.54) is 11.0 Å². The number of carbonyl (C=O) groups excluding carboxylic acids is 1. The highest BCUT2D eigenvalue weighted by Crippen LogP contribution is 2.30. The topological polar surface area (TPSA) is 93.4 Å². The van der Waals surface area contributed by atoms with Gasteiger partial charge in [0.15, 0.2) is 0 Å². The zero-order valence-corrected chi connectivity index (χ0v) is 12.1. The zero-order chi connectivity index (χ0) is 14.2. The van der Waals surface area contributed by atoms with Crippen molar-refractivity contribution in [1.82, 2.24) is 4.98 Å². The van der Waals surface area contributed by atoms with Gasteiger partial charge in [-0.3, -0.25) is 4.79 Å². The number of amides is 1. The predicted octanol–water partition coefficient (Wildman–Crippen LogP) is 0.625. The molecule has 0 radical (unpaired) electrons. The van der Waals surface area contributed by atoms with Gasteiger partial charge in [-0.1, -0.05) is 0 Å². The SMILES string of the molecule is NS(=O)(=O)CC1CC(=O)N(c2cc(F)cnc2Br)C1. The third-order valence-electron chi connectivity index (χ3n) is 2.75. The first kappa shape index (κ1) is 14.4. The van der Waals surface area contributed by atoms with Crippen molar-refractivity contribution < 1.29 is 17.6 Å². The summed E-state index contributed by atoms with van der Waals surface area (Å²) in [6, 6.07) is 1.17. The van der Waals surface area contributed by atoms with Crippen molar-refractivity contribution >= 4 is 37.5 Å². The molecule has 0 spiro atoms. The number of rotatable bonds is 3. The quantitative estimate of drug-likeness (QED) is 0.808. The maximum atomic E-state index is 13.2. The van der Waals surface area contributed by atoms with Gasteiger partial charge in [-0.25, -0.2) is 22.9 Å². The molecule has 1 unspecified atom stereocenters. The van der Waals surface area contributed by atoms with Gasteiger partial charge in [-0.15, -0.1) is 0 Å². The predicted molar refractivity (Wildman–Crippen MR) is 70.3 cm³/mol. The van der Waals surface area contributed by atoms with E-state index in [0.29, 0.717) is 10.3 Å². The fraction of sp³-hybridized carbons (Fsp3) is 0.400. The van der Waals surface area contributed by atoms with Crippen LogP contribution in [0.25, 0.3) is 0 Å². The van der Waals surface area contributed by atoms with E-state index in [9.17, 15) is 17.6 Å². The molecule has 1 aliphatic rings. The van der Waals surface area contributed by atoms with Crippen LogP contribution < -0.4 is 10.0 Å². The minimum absolute atomic E-state index is 0.0688. The van der Waals surface area contributed by atoms with Crippen LogP contribution in [0.5, 0.6) is 0 Å². The monoisotopic (exact) mass is 351 g/mol. The molecule has 6 nitrogen and oxygen atoms in total. The highest BCUT2D eigenvalue weighted by atomic mass is 79.9. The number of nitrogens with zero attached hydrogens (tertiary/aromatic N) is 2. The number of aromatic nitrogens is 1. The molecule has 0 aromatic carbocycles. The van der Waals surface area contributed by atoms with Crippen LogP contribution in [0.15, 0.2) is 16.9 Å². The number of nitrogens with two attached hydrogens (primary N) is 1. The first-order valence-corrected chi connectivity index (χ1v) is 7.89. The number of anilines is 1. The molecular weight excluding hydrogens is 341 g/mol. The van der Waals surface area contributed by atoms with Crippen molar-refractivity contribution in [3.05, 3.63) is 22.7 Å². The van der Waals surface area contributed by atoms with Crippen molar-refractivity contribution in [2.24, 2.45) is 11.1 Å². The van der Waals surface area contributed by atoms with Gasteiger partial charge in [-0.2, -0.15) is 0 Å². The molecule has 1 aromatic heterocycles. The Bertz CT molecular complexity index is 622. The van der Waals surface area contributed by atoms with Crippen molar-refractivity contribution in [1.29, 1.82) is 0 Å². The number of hydrogen-bond acceptors (Lipinski definition) is 4. The number of hydrogen-bond donors (Lipinski definition) is 1. The van der Waals surface area contributed by atoms with Gasteiger partial charge >= 0.3 is 0 Å². The number of primary sulfonamides is 1. The molecule has 1 aliphatic heterocycles. The average molecular weight is 352 g/mol. The minimum atomic E-state index is -3.64. The molecule has 1 fully saturated rings. The number of halogens is 2. The Labute approximate surface area is 118 Å². The maximum Gasteiger partial charge on any atom is 0.227 e. The second-order valence-corrected chi connectivity index (χ2v) is 6.78. The summed E-state index contributed by atoms with van der Waals surface area (Å²) in [4.78, 5) is 16.9. The van der Waals surface area contributed by atoms with Crippen molar-refractivity contribution in [3.8, 4) is 0 Å². The van der Waals surface area contributed by atoms with Crippen LogP contribution in [0.2, 0.25) is 0 Å². The van der Waals surface area contributed by atoms with Crippen LogP contribution in [0.3, 0.4) is 0 Å². The standard InChI is InChI=1S/C10H11BrFN3O3S/c11-10-8(2-7(12)3-14-10)15-4-6(1-9(15)16)5-19(13,17)18/h2-3,6H,1,4-5H2,(H2,13,17,18). The van der Waals surface area contributed by atoms with E-state index in [2.05, 4.69) is 20.9 Å². The van der Waals surface area contributed by atoms with Gasteiger partial charge in [-0.05, 0) is 15.9 Å². The number of pyridine rings is 1. The fourth-order valence-electron chi connectivity index (χ4n) is 2.06. The Morgan fingerprint density at radius 3 is 2.89 bits per heavy atom. The van der Waals surface area contributed by atoms with Gasteiger partial charge in [0.25, 0.3) is 0 Å². The lowest BCUT2D eigenvalue weighted by atomic mass is 10.1. The van der Waals surface area contributed by atoms with Crippen LogP contribution in [0.4, 0.5) is 10.1 Å². The Morgan fingerprint density at radius 1 is 1.58 bits per heavy atom. The lowest BCUT2D eigenvalue weighted by Gasteiger charge is -2.17. The minimum Gasteiger partial charge on any atom is -0.309 e. The van der Waals surface area contributed by atoms with E-state index in [-0.39, 0.29) is 24.6 Å². The molecule has 2 N–H and O–H groups in total. The highest BCUT2D eigenvalue weighted by molar-refractivity contribution is 9.10. The Morgan fingerprint density at radius 2 is 2.26 bits per heavy atom. The lowest BCUT2D eigenvalue weighted by molar-refractivity contribution is -0.117. The first-order chi connectivity index (χ1) is 8.76. The Balaban J connectivity index is 2.23. The third kappa shape index (κ3) is 3.48.